The lowest BCUT2D eigenvalue weighted by molar-refractivity contribution is -0.384. The molecule has 1 saturated heterocycles. The van der Waals surface area contributed by atoms with Gasteiger partial charge < -0.3 is 10.4 Å². The Morgan fingerprint density at radius 2 is 1.89 bits per heavy atom. The molecule has 0 spiro atoms. The molecule has 2 amide bonds. The SMILES string of the molecule is O=C(CC1SC(=NN=Cc2cccc([N+](=O)[O-])c2)N(c2ccc(O)cc2)C1=O)Nc1ccc(Br)cc1. The second kappa shape index (κ2) is 11.1. The summed E-state index contributed by atoms with van der Waals surface area (Å²) in [4.78, 5) is 37.7. The molecule has 1 heterocycles. The highest BCUT2D eigenvalue weighted by Crippen LogP contribution is 2.34. The van der Waals surface area contributed by atoms with Gasteiger partial charge in [0.25, 0.3) is 5.69 Å². The van der Waals surface area contributed by atoms with Gasteiger partial charge >= 0.3 is 0 Å². The fourth-order valence-electron chi connectivity index (χ4n) is 3.28. The average Bonchev–Trinajstić information content (AvgIpc) is 3.16. The molecule has 4 rings (SSSR count). The van der Waals surface area contributed by atoms with Crippen molar-refractivity contribution in [1.82, 2.24) is 0 Å². The molecule has 2 N–H and O–H groups in total. The van der Waals surface area contributed by atoms with Crippen LogP contribution in [-0.4, -0.2) is 38.5 Å². The normalized spacial score (nSPS) is 16.6. The van der Waals surface area contributed by atoms with Crippen LogP contribution < -0.4 is 10.2 Å². The number of rotatable bonds is 7. The van der Waals surface area contributed by atoms with Crippen LogP contribution in [0.5, 0.6) is 5.75 Å². The number of aromatic hydroxyl groups is 1. The molecule has 1 aliphatic heterocycles. The maximum atomic E-state index is 13.2. The molecule has 1 unspecified atom stereocenters. The van der Waals surface area contributed by atoms with Crippen molar-refractivity contribution in [3.63, 3.8) is 0 Å². The van der Waals surface area contributed by atoms with Crippen LogP contribution in [0.1, 0.15) is 12.0 Å². The lowest BCUT2D eigenvalue weighted by Crippen LogP contribution is -2.33. The lowest BCUT2D eigenvalue weighted by Gasteiger charge is -2.16. The van der Waals surface area contributed by atoms with Gasteiger partial charge in [-0.1, -0.05) is 39.8 Å². The largest absolute Gasteiger partial charge is 0.508 e. The minimum Gasteiger partial charge on any atom is -0.508 e. The van der Waals surface area contributed by atoms with Crippen LogP contribution in [0.15, 0.2) is 87.5 Å². The quantitative estimate of drug-likeness (QED) is 0.236. The molecular weight excluding hydrogens is 550 g/mol. The Hall–Kier alpha value is -4.03. The highest BCUT2D eigenvalue weighted by atomic mass is 79.9. The van der Waals surface area contributed by atoms with Gasteiger partial charge in [0, 0.05) is 34.3 Å². The van der Waals surface area contributed by atoms with Gasteiger partial charge in [0.05, 0.1) is 16.8 Å². The van der Waals surface area contributed by atoms with E-state index in [1.165, 1.54) is 41.4 Å². The van der Waals surface area contributed by atoms with Gasteiger partial charge in [0.15, 0.2) is 5.17 Å². The molecule has 0 aromatic heterocycles. The molecule has 3 aromatic carbocycles. The molecule has 36 heavy (non-hydrogen) atoms. The number of amidine groups is 1. The molecular formula is C24H18BrN5O5S. The van der Waals surface area contributed by atoms with Crippen LogP contribution >= 0.6 is 27.7 Å². The zero-order valence-corrected chi connectivity index (χ0v) is 20.8. The number of carbonyl (C=O) groups is 2. The van der Waals surface area contributed by atoms with E-state index in [1.54, 1.807) is 42.5 Å². The van der Waals surface area contributed by atoms with E-state index in [0.717, 1.165) is 16.2 Å². The number of phenolic OH excluding ortho intramolecular Hbond substituents is 1. The number of nitro groups is 1. The van der Waals surface area contributed by atoms with Crippen molar-refractivity contribution in [2.24, 2.45) is 10.2 Å². The van der Waals surface area contributed by atoms with Crippen molar-refractivity contribution in [2.75, 3.05) is 10.2 Å². The zero-order chi connectivity index (χ0) is 25.7. The van der Waals surface area contributed by atoms with E-state index in [4.69, 9.17) is 0 Å². The van der Waals surface area contributed by atoms with Crippen molar-refractivity contribution < 1.29 is 19.6 Å². The van der Waals surface area contributed by atoms with Gasteiger partial charge in [0.2, 0.25) is 11.8 Å². The first kappa shape index (κ1) is 25.1. The van der Waals surface area contributed by atoms with Crippen molar-refractivity contribution in [3.8, 4) is 5.75 Å². The number of carbonyl (C=O) groups excluding carboxylic acids is 2. The fraction of sp³-hybridized carbons (Fsp3) is 0.0833. The first-order chi connectivity index (χ1) is 17.3. The fourth-order valence-corrected chi connectivity index (χ4v) is 4.64. The smallest absolute Gasteiger partial charge is 0.270 e. The summed E-state index contributed by atoms with van der Waals surface area (Å²) in [6.45, 7) is 0. The van der Waals surface area contributed by atoms with Gasteiger partial charge in [0.1, 0.15) is 11.0 Å². The molecule has 1 atom stereocenters. The zero-order valence-electron chi connectivity index (χ0n) is 18.4. The van der Waals surface area contributed by atoms with Crippen LogP contribution in [-0.2, 0) is 9.59 Å². The van der Waals surface area contributed by atoms with E-state index in [9.17, 15) is 24.8 Å². The Balaban J connectivity index is 1.55. The Morgan fingerprint density at radius 1 is 1.17 bits per heavy atom. The third kappa shape index (κ3) is 6.15. The number of halogens is 1. The van der Waals surface area contributed by atoms with Crippen molar-refractivity contribution in [2.45, 2.75) is 11.7 Å². The summed E-state index contributed by atoms with van der Waals surface area (Å²) in [5.41, 5.74) is 1.43. The topological polar surface area (TPSA) is 138 Å². The van der Waals surface area contributed by atoms with Gasteiger partial charge in [-0.15, -0.1) is 5.10 Å². The summed E-state index contributed by atoms with van der Waals surface area (Å²) in [6, 6.07) is 18.9. The summed E-state index contributed by atoms with van der Waals surface area (Å²) >= 11 is 4.42. The summed E-state index contributed by atoms with van der Waals surface area (Å²) < 4.78 is 0.873. The molecule has 0 bridgehead atoms. The third-order valence-electron chi connectivity index (χ3n) is 4.97. The number of amides is 2. The molecule has 12 heteroatoms. The Labute approximate surface area is 218 Å². The van der Waals surface area contributed by atoms with Gasteiger partial charge in [-0.3, -0.25) is 24.6 Å². The van der Waals surface area contributed by atoms with E-state index < -0.39 is 10.2 Å². The number of non-ortho nitro benzene ring substituents is 1. The predicted octanol–water partition coefficient (Wildman–Crippen LogP) is 4.93. The molecule has 0 radical (unpaired) electrons. The van der Waals surface area contributed by atoms with Crippen molar-refractivity contribution >= 4 is 68.0 Å². The van der Waals surface area contributed by atoms with E-state index in [1.807, 2.05) is 0 Å². The number of anilines is 2. The van der Waals surface area contributed by atoms with Gasteiger partial charge in [-0.25, -0.2) is 0 Å². The van der Waals surface area contributed by atoms with Crippen molar-refractivity contribution in [3.05, 3.63) is 92.9 Å². The van der Waals surface area contributed by atoms with Crippen LogP contribution in [0.4, 0.5) is 17.1 Å². The molecule has 10 nitrogen and oxygen atoms in total. The minimum absolute atomic E-state index is 0.0330. The maximum Gasteiger partial charge on any atom is 0.270 e. The number of nitrogens with zero attached hydrogens (tertiary/aromatic N) is 4. The highest BCUT2D eigenvalue weighted by Gasteiger charge is 2.40. The second-order valence-corrected chi connectivity index (χ2v) is 9.62. The molecule has 0 saturated carbocycles. The van der Waals surface area contributed by atoms with E-state index in [2.05, 4.69) is 31.4 Å². The first-order valence-electron chi connectivity index (χ1n) is 10.5. The average molecular weight is 568 g/mol. The third-order valence-corrected chi connectivity index (χ3v) is 6.63. The number of thioether (sulfide) groups is 1. The van der Waals surface area contributed by atoms with Crippen LogP contribution in [0, 0.1) is 10.1 Å². The van der Waals surface area contributed by atoms with E-state index in [-0.39, 0.29) is 34.8 Å². The second-order valence-electron chi connectivity index (χ2n) is 7.53. The number of hydrogen-bond donors (Lipinski definition) is 2. The predicted molar refractivity (Wildman–Crippen MR) is 142 cm³/mol. The minimum atomic E-state index is -0.749. The maximum absolute atomic E-state index is 13.2. The summed E-state index contributed by atoms with van der Waals surface area (Å²) in [7, 11) is 0. The molecule has 1 aliphatic rings. The number of nitro benzene ring substituents is 1. The van der Waals surface area contributed by atoms with Crippen LogP contribution in [0.3, 0.4) is 0 Å². The number of phenols is 1. The number of hydrogen-bond acceptors (Lipinski definition) is 8. The number of benzene rings is 3. The lowest BCUT2D eigenvalue weighted by atomic mass is 10.2. The van der Waals surface area contributed by atoms with Gasteiger partial charge in [-0.2, -0.15) is 5.10 Å². The summed E-state index contributed by atoms with van der Waals surface area (Å²) in [6.07, 6.45) is 1.25. The summed E-state index contributed by atoms with van der Waals surface area (Å²) in [5.74, 6) is -0.665. The standard InChI is InChI=1S/C24H18BrN5O5S/c25-16-4-6-17(7-5-16)27-22(32)13-21-23(33)29(18-8-10-20(31)11-9-18)24(36-21)28-26-14-15-2-1-3-19(12-15)30(34)35/h1-12,14,21,31H,13H2,(H,27,32). The highest BCUT2D eigenvalue weighted by molar-refractivity contribution is 9.10. The molecule has 182 valence electrons. The molecule has 3 aromatic rings. The van der Waals surface area contributed by atoms with E-state index >= 15 is 0 Å². The Kier molecular flexibility index (Phi) is 7.76. The Morgan fingerprint density at radius 3 is 2.58 bits per heavy atom. The van der Waals surface area contributed by atoms with Crippen LogP contribution in [0.2, 0.25) is 0 Å². The van der Waals surface area contributed by atoms with Crippen LogP contribution in [0.25, 0.3) is 0 Å². The Bertz CT molecular complexity index is 1360. The monoisotopic (exact) mass is 567 g/mol. The molecule has 0 aliphatic carbocycles. The van der Waals surface area contributed by atoms with Crippen molar-refractivity contribution in [1.29, 1.82) is 0 Å². The van der Waals surface area contributed by atoms with E-state index in [0.29, 0.717) is 16.9 Å². The number of nitrogens with one attached hydrogen (secondary N) is 1. The summed E-state index contributed by atoms with van der Waals surface area (Å²) in [5, 5.41) is 31.0. The first-order valence-corrected chi connectivity index (χ1v) is 12.2. The van der Waals surface area contributed by atoms with Gasteiger partial charge in [-0.05, 0) is 48.5 Å². The molecule has 1 fully saturated rings.